The predicted molar refractivity (Wildman–Crippen MR) is 101 cm³/mol. The van der Waals surface area contributed by atoms with Crippen molar-refractivity contribution >= 4 is 22.2 Å². The fourth-order valence-electron chi connectivity index (χ4n) is 3.27. The second-order valence-electron chi connectivity index (χ2n) is 6.57. The number of fused-ring (bicyclic) bond motifs is 1. The van der Waals surface area contributed by atoms with Gasteiger partial charge in [0.1, 0.15) is 5.69 Å². The molecule has 0 atom stereocenters. The van der Waals surface area contributed by atoms with Crippen LogP contribution in [0.5, 0.6) is 0 Å². The average Bonchev–Trinajstić information content (AvgIpc) is 3.05. The van der Waals surface area contributed by atoms with Crippen molar-refractivity contribution in [3.8, 4) is 0 Å². The number of piperidine rings is 1. The van der Waals surface area contributed by atoms with E-state index in [0.717, 1.165) is 37.2 Å². The van der Waals surface area contributed by atoms with Crippen molar-refractivity contribution in [2.75, 3.05) is 13.1 Å². The lowest BCUT2D eigenvalue weighted by molar-refractivity contribution is -0.131. The highest BCUT2D eigenvalue weighted by Gasteiger charge is 2.19. The van der Waals surface area contributed by atoms with Crippen LogP contribution in [-0.2, 0) is 17.6 Å². The van der Waals surface area contributed by atoms with Gasteiger partial charge in [0, 0.05) is 24.9 Å². The lowest BCUT2D eigenvalue weighted by atomic mass is 10.1. The van der Waals surface area contributed by atoms with Crippen molar-refractivity contribution in [3.05, 3.63) is 63.0 Å². The van der Waals surface area contributed by atoms with E-state index in [4.69, 9.17) is 0 Å². The molecule has 1 saturated heterocycles. The van der Waals surface area contributed by atoms with Gasteiger partial charge in [0.25, 0.3) is 5.56 Å². The van der Waals surface area contributed by atoms with Crippen molar-refractivity contribution in [3.63, 3.8) is 0 Å². The Bertz CT molecular complexity index is 974. The third kappa shape index (κ3) is 3.53. The Labute approximate surface area is 155 Å². The monoisotopic (exact) mass is 368 g/mol. The minimum absolute atomic E-state index is 0.120. The Morgan fingerprint density at radius 2 is 1.88 bits per heavy atom. The summed E-state index contributed by atoms with van der Waals surface area (Å²) in [6.45, 7) is 1.67. The molecule has 0 radical (unpaired) electrons. The molecule has 3 heterocycles. The zero-order chi connectivity index (χ0) is 17.9. The van der Waals surface area contributed by atoms with E-state index in [1.165, 1.54) is 17.8 Å². The van der Waals surface area contributed by atoms with Gasteiger partial charge < -0.3 is 4.90 Å². The molecule has 0 bridgehead atoms. The van der Waals surface area contributed by atoms with E-state index < -0.39 is 0 Å². The Balaban J connectivity index is 1.61. The SMILES string of the molecule is O=C(Cc1csc2nc(=O)c(Cc3ccccc3)nn12)N1CCCCC1. The number of thiazole rings is 1. The molecule has 1 aliphatic heterocycles. The van der Waals surface area contributed by atoms with Crippen molar-refractivity contribution in [1.29, 1.82) is 0 Å². The fourth-order valence-corrected chi connectivity index (χ4v) is 4.08. The first kappa shape index (κ1) is 16.9. The molecular weight excluding hydrogens is 348 g/mol. The molecule has 1 aliphatic rings. The second kappa shape index (κ2) is 7.37. The quantitative estimate of drug-likeness (QED) is 0.709. The number of likely N-dealkylation sites (tertiary alicyclic amines) is 1. The first-order valence-electron chi connectivity index (χ1n) is 8.89. The molecule has 0 spiro atoms. The molecule has 0 unspecified atom stereocenters. The molecule has 2 aromatic heterocycles. The topological polar surface area (TPSA) is 67.6 Å². The molecule has 7 heteroatoms. The third-order valence-electron chi connectivity index (χ3n) is 4.67. The maximum Gasteiger partial charge on any atom is 0.296 e. The number of hydrogen-bond acceptors (Lipinski definition) is 5. The van der Waals surface area contributed by atoms with Crippen molar-refractivity contribution in [2.24, 2.45) is 0 Å². The normalized spacial score (nSPS) is 14.7. The summed E-state index contributed by atoms with van der Waals surface area (Å²) in [4.78, 5) is 31.4. The minimum atomic E-state index is -0.301. The predicted octanol–water partition coefficient (Wildman–Crippen LogP) is 2.30. The Morgan fingerprint density at radius 1 is 1.12 bits per heavy atom. The van der Waals surface area contributed by atoms with Gasteiger partial charge >= 0.3 is 0 Å². The fraction of sp³-hybridized carbons (Fsp3) is 0.368. The van der Waals surface area contributed by atoms with E-state index in [0.29, 0.717) is 23.5 Å². The van der Waals surface area contributed by atoms with E-state index in [9.17, 15) is 9.59 Å². The van der Waals surface area contributed by atoms with Crippen LogP contribution < -0.4 is 5.56 Å². The van der Waals surface area contributed by atoms with Gasteiger partial charge in [-0.1, -0.05) is 30.3 Å². The summed E-state index contributed by atoms with van der Waals surface area (Å²) in [5, 5.41) is 6.39. The summed E-state index contributed by atoms with van der Waals surface area (Å²) in [6.07, 6.45) is 4.07. The number of carbonyl (C=O) groups excluding carboxylic acids is 1. The number of aromatic nitrogens is 3. The van der Waals surface area contributed by atoms with Crippen LogP contribution >= 0.6 is 11.3 Å². The molecule has 1 amide bonds. The molecule has 1 fully saturated rings. The molecule has 134 valence electrons. The highest BCUT2D eigenvalue weighted by Crippen LogP contribution is 2.16. The van der Waals surface area contributed by atoms with Gasteiger partial charge in [-0.15, -0.1) is 11.3 Å². The van der Waals surface area contributed by atoms with Crippen molar-refractivity contribution < 1.29 is 4.79 Å². The molecule has 3 aromatic rings. The maximum atomic E-state index is 12.6. The second-order valence-corrected chi connectivity index (χ2v) is 7.40. The first-order valence-corrected chi connectivity index (χ1v) is 9.77. The Morgan fingerprint density at radius 3 is 2.65 bits per heavy atom. The lowest BCUT2D eigenvalue weighted by Gasteiger charge is -2.26. The van der Waals surface area contributed by atoms with Gasteiger partial charge in [-0.25, -0.2) is 4.52 Å². The van der Waals surface area contributed by atoms with Gasteiger partial charge in [0.2, 0.25) is 10.9 Å². The van der Waals surface area contributed by atoms with Crippen LogP contribution in [0.3, 0.4) is 0 Å². The highest BCUT2D eigenvalue weighted by atomic mass is 32.1. The zero-order valence-corrected chi connectivity index (χ0v) is 15.2. The average molecular weight is 368 g/mol. The first-order chi connectivity index (χ1) is 12.7. The Kier molecular flexibility index (Phi) is 4.79. The number of nitrogens with zero attached hydrogens (tertiary/aromatic N) is 4. The Hall–Kier alpha value is -2.54. The van der Waals surface area contributed by atoms with E-state index >= 15 is 0 Å². The third-order valence-corrected chi connectivity index (χ3v) is 5.54. The summed E-state index contributed by atoms with van der Waals surface area (Å²) < 4.78 is 1.66. The summed E-state index contributed by atoms with van der Waals surface area (Å²) >= 11 is 1.35. The van der Waals surface area contributed by atoms with Gasteiger partial charge in [-0.05, 0) is 24.8 Å². The van der Waals surface area contributed by atoms with E-state index in [2.05, 4.69) is 10.1 Å². The number of benzene rings is 1. The summed E-state index contributed by atoms with van der Waals surface area (Å²) in [7, 11) is 0. The highest BCUT2D eigenvalue weighted by molar-refractivity contribution is 7.15. The maximum absolute atomic E-state index is 12.6. The van der Waals surface area contributed by atoms with Gasteiger partial charge in [0.15, 0.2) is 0 Å². The molecule has 4 rings (SSSR count). The molecule has 0 saturated carbocycles. The largest absolute Gasteiger partial charge is 0.342 e. The smallest absolute Gasteiger partial charge is 0.296 e. The van der Waals surface area contributed by atoms with Crippen LogP contribution in [0, 0.1) is 0 Å². The van der Waals surface area contributed by atoms with Crippen molar-refractivity contribution in [1.82, 2.24) is 19.5 Å². The summed E-state index contributed by atoms with van der Waals surface area (Å²) in [6, 6.07) is 9.74. The molecular formula is C19H20N4O2S. The summed E-state index contributed by atoms with van der Waals surface area (Å²) in [5.74, 6) is 0.120. The number of rotatable bonds is 4. The summed E-state index contributed by atoms with van der Waals surface area (Å²) in [5.41, 5.74) is 1.91. The van der Waals surface area contributed by atoms with Gasteiger partial charge in [-0.2, -0.15) is 10.1 Å². The lowest BCUT2D eigenvalue weighted by Crippen LogP contribution is -2.36. The molecule has 0 aliphatic carbocycles. The number of hydrogen-bond donors (Lipinski definition) is 0. The van der Waals surface area contributed by atoms with E-state index in [-0.39, 0.29) is 11.5 Å². The van der Waals surface area contributed by atoms with Crippen LogP contribution in [-0.4, -0.2) is 38.5 Å². The zero-order valence-electron chi connectivity index (χ0n) is 14.4. The van der Waals surface area contributed by atoms with Crippen LogP contribution in [0.2, 0.25) is 0 Å². The van der Waals surface area contributed by atoms with Crippen LogP contribution in [0.1, 0.15) is 36.2 Å². The van der Waals surface area contributed by atoms with Crippen LogP contribution in [0.4, 0.5) is 0 Å². The number of amides is 1. The van der Waals surface area contributed by atoms with Crippen molar-refractivity contribution in [2.45, 2.75) is 32.1 Å². The molecule has 1 aromatic carbocycles. The standard InChI is InChI=1S/C19H20N4O2S/c24-17(22-9-5-2-6-10-22)12-15-13-26-19-20-18(25)16(21-23(15)19)11-14-7-3-1-4-8-14/h1,3-4,7-8,13H,2,5-6,9-12H2. The van der Waals surface area contributed by atoms with Gasteiger partial charge in [-0.3, -0.25) is 9.59 Å². The van der Waals surface area contributed by atoms with Crippen LogP contribution in [0.15, 0.2) is 40.5 Å². The minimum Gasteiger partial charge on any atom is -0.342 e. The molecule has 6 nitrogen and oxygen atoms in total. The van der Waals surface area contributed by atoms with E-state index in [1.54, 1.807) is 4.52 Å². The number of carbonyl (C=O) groups is 1. The molecule has 26 heavy (non-hydrogen) atoms. The van der Waals surface area contributed by atoms with E-state index in [1.807, 2.05) is 40.6 Å². The van der Waals surface area contributed by atoms with Crippen LogP contribution in [0.25, 0.3) is 4.96 Å². The van der Waals surface area contributed by atoms with Gasteiger partial charge in [0.05, 0.1) is 12.1 Å². The molecule has 0 N–H and O–H groups in total.